The largest absolute Gasteiger partial charge is 0.493 e. The summed E-state index contributed by atoms with van der Waals surface area (Å²) < 4.78 is 2.92. The predicted octanol–water partition coefficient (Wildman–Crippen LogP) is 5.21. The minimum Gasteiger partial charge on any atom is -0.493 e. The number of nitrogens with zero attached hydrogens (tertiary/aromatic N) is 4. The van der Waals surface area contributed by atoms with Crippen LogP contribution in [0.5, 0.6) is 5.88 Å². The average molecular weight is 389 g/mol. The fourth-order valence-electron chi connectivity index (χ4n) is 2.62. The molecule has 0 spiro atoms. The number of hydrogen-bond donors (Lipinski definition) is 1. The lowest BCUT2D eigenvalue weighted by Crippen LogP contribution is -2.22. The van der Waals surface area contributed by atoms with Crippen LogP contribution >= 0.6 is 27.7 Å². The van der Waals surface area contributed by atoms with E-state index in [1.165, 1.54) is 0 Å². The number of aromatic nitrogens is 2. The van der Waals surface area contributed by atoms with Gasteiger partial charge in [0, 0.05) is 27.6 Å². The Kier molecular flexibility index (Phi) is 3.82. The van der Waals surface area contributed by atoms with Crippen molar-refractivity contribution in [1.29, 1.82) is 0 Å². The van der Waals surface area contributed by atoms with E-state index in [9.17, 15) is 5.11 Å². The van der Waals surface area contributed by atoms with Gasteiger partial charge >= 0.3 is 0 Å². The van der Waals surface area contributed by atoms with E-state index in [0.717, 1.165) is 26.9 Å². The van der Waals surface area contributed by atoms with Gasteiger partial charge in [-0.25, -0.2) is 0 Å². The van der Waals surface area contributed by atoms with Gasteiger partial charge in [0.15, 0.2) is 5.69 Å². The van der Waals surface area contributed by atoms with Gasteiger partial charge in [-0.15, -0.1) is 10.2 Å². The van der Waals surface area contributed by atoms with E-state index < -0.39 is 0 Å². The number of halogens is 1. The van der Waals surface area contributed by atoms with E-state index in [1.54, 1.807) is 18.5 Å². The summed E-state index contributed by atoms with van der Waals surface area (Å²) in [7, 11) is 0. The smallest absolute Gasteiger partial charge is 0.221 e. The minimum atomic E-state index is 0.177. The Balaban J connectivity index is 1.86. The molecule has 4 rings (SSSR count). The monoisotopic (exact) mass is 388 g/mol. The van der Waals surface area contributed by atoms with Gasteiger partial charge in [-0.05, 0) is 30.3 Å². The van der Waals surface area contributed by atoms with Crippen molar-refractivity contribution in [2.45, 2.75) is 6.04 Å². The van der Waals surface area contributed by atoms with Crippen LogP contribution in [0.25, 0.3) is 10.9 Å². The molecule has 0 unspecified atom stereocenters. The van der Waals surface area contributed by atoms with Gasteiger partial charge < -0.3 is 9.67 Å². The number of hydrogen-bond acceptors (Lipinski definition) is 5. The van der Waals surface area contributed by atoms with Gasteiger partial charge in [0.1, 0.15) is 5.69 Å². The standard InChI is InChI=1S/C16H13BrN4OS/c17-10-3-4-14-13(6-10)15(16(22)21(14)12-8-23-9-12)20-19-11-2-1-5-18-7-11/h1-7,12,22H,8-9H2. The molecule has 7 heteroatoms. The van der Waals surface area contributed by atoms with Crippen molar-refractivity contribution in [3.63, 3.8) is 0 Å². The van der Waals surface area contributed by atoms with Crippen molar-refractivity contribution in [2.24, 2.45) is 10.2 Å². The second-order valence-electron chi connectivity index (χ2n) is 5.31. The van der Waals surface area contributed by atoms with Crippen molar-refractivity contribution in [3.8, 4) is 5.88 Å². The molecule has 0 bridgehead atoms. The quantitative estimate of drug-likeness (QED) is 0.626. The Hall–Kier alpha value is -1.86. The van der Waals surface area contributed by atoms with Crippen molar-refractivity contribution in [2.75, 3.05) is 11.5 Å². The summed E-state index contributed by atoms with van der Waals surface area (Å²) in [6.45, 7) is 0. The second kappa shape index (κ2) is 5.98. The van der Waals surface area contributed by atoms with Gasteiger partial charge in [-0.1, -0.05) is 15.9 Å². The first-order valence-electron chi connectivity index (χ1n) is 7.16. The molecule has 23 heavy (non-hydrogen) atoms. The number of rotatable bonds is 3. The van der Waals surface area contributed by atoms with E-state index >= 15 is 0 Å². The maximum atomic E-state index is 10.7. The third-order valence-electron chi connectivity index (χ3n) is 3.81. The fraction of sp³-hybridized carbons (Fsp3) is 0.188. The van der Waals surface area contributed by atoms with Crippen molar-refractivity contribution >= 4 is 50.0 Å². The zero-order valence-electron chi connectivity index (χ0n) is 12.1. The molecule has 1 saturated heterocycles. The Morgan fingerprint density at radius 2 is 2.13 bits per heavy atom. The molecular formula is C16H13BrN4OS. The summed E-state index contributed by atoms with van der Waals surface area (Å²) in [5.41, 5.74) is 2.14. The van der Waals surface area contributed by atoms with E-state index in [0.29, 0.717) is 17.4 Å². The molecule has 3 aromatic rings. The van der Waals surface area contributed by atoms with Crippen molar-refractivity contribution in [3.05, 3.63) is 47.2 Å². The van der Waals surface area contributed by atoms with E-state index in [-0.39, 0.29) is 5.88 Å². The summed E-state index contributed by atoms with van der Waals surface area (Å²) >= 11 is 5.36. The first-order valence-corrected chi connectivity index (χ1v) is 9.11. The molecule has 1 aromatic carbocycles. The average Bonchev–Trinajstić information content (AvgIpc) is 2.77. The number of aromatic hydroxyl groups is 1. The number of thioether (sulfide) groups is 1. The first kappa shape index (κ1) is 14.7. The van der Waals surface area contributed by atoms with Gasteiger partial charge in [0.2, 0.25) is 5.88 Å². The van der Waals surface area contributed by atoms with E-state index in [2.05, 4.69) is 31.1 Å². The van der Waals surface area contributed by atoms with Crippen LogP contribution in [0.2, 0.25) is 0 Å². The van der Waals surface area contributed by atoms with Crippen LogP contribution in [0, 0.1) is 0 Å². The molecule has 0 amide bonds. The molecule has 0 aliphatic carbocycles. The number of azo groups is 1. The van der Waals surface area contributed by atoms with Crippen LogP contribution in [-0.2, 0) is 0 Å². The van der Waals surface area contributed by atoms with Crippen molar-refractivity contribution in [1.82, 2.24) is 9.55 Å². The predicted molar refractivity (Wildman–Crippen MR) is 96.1 cm³/mol. The summed E-state index contributed by atoms with van der Waals surface area (Å²) in [4.78, 5) is 4.02. The zero-order chi connectivity index (χ0) is 15.8. The highest BCUT2D eigenvalue weighted by atomic mass is 79.9. The molecule has 2 aromatic heterocycles. The molecule has 1 aliphatic rings. The van der Waals surface area contributed by atoms with Crippen LogP contribution in [0.3, 0.4) is 0 Å². The maximum Gasteiger partial charge on any atom is 0.221 e. The highest BCUT2D eigenvalue weighted by Crippen LogP contribution is 2.45. The van der Waals surface area contributed by atoms with Crippen LogP contribution in [0.4, 0.5) is 11.4 Å². The highest BCUT2D eigenvalue weighted by molar-refractivity contribution is 9.10. The van der Waals surface area contributed by atoms with Gasteiger partial charge in [-0.2, -0.15) is 11.8 Å². The number of pyridine rings is 1. The number of benzene rings is 1. The highest BCUT2D eigenvalue weighted by Gasteiger charge is 2.27. The molecule has 3 heterocycles. The first-order chi connectivity index (χ1) is 11.2. The Bertz CT molecular complexity index is 890. The van der Waals surface area contributed by atoms with Crippen LogP contribution in [0.15, 0.2) is 57.4 Å². The van der Waals surface area contributed by atoms with E-state index in [4.69, 9.17) is 0 Å². The molecule has 1 aliphatic heterocycles. The third-order valence-corrected chi connectivity index (χ3v) is 5.54. The topological polar surface area (TPSA) is 62.8 Å². The summed E-state index contributed by atoms with van der Waals surface area (Å²) in [6.07, 6.45) is 3.33. The lowest BCUT2D eigenvalue weighted by molar-refractivity contribution is 0.406. The summed E-state index contributed by atoms with van der Waals surface area (Å²) in [5.74, 6) is 2.19. The third kappa shape index (κ3) is 2.64. The fourth-order valence-corrected chi connectivity index (χ4v) is 3.72. The molecule has 0 radical (unpaired) electrons. The van der Waals surface area contributed by atoms with Crippen LogP contribution in [-0.4, -0.2) is 26.2 Å². The Labute approximate surface area is 145 Å². The van der Waals surface area contributed by atoms with Gasteiger partial charge in [0.25, 0.3) is 0 Å². The van der Waals surface area contributed by atoms with Gasteiger partial charge in [-0.3, -0.25) is 4.98 Å². The molecule has 0 saturated carbocycles. The number of fused-ring (bicyclic) bond motifs is 1. The molecule has 1 fully saturated rings. The normalized spacial score (nSPS) is 15.3. The van der Waals surface area contributed by atoms with Crippen molar-refractivity contribution < 1.29 is 5.11 Å². The molecule has 1 N–H and O–H groups in total. The molecule has 5 nitrogen and oxygen atoms in total. The Morgan fingerprint density at radius 3 is 2.83 bits per heavy atom. The summed E-state index contributed by atoms with van der Waals surface area (Å²) in [6, 6.07) is 9.89. The molecular weight excluding hydrogens is 376 g/mol. The minimum absolute atomic E-state index is 0.177. The molecule has 116 valence electrons. The van der Waals surface area contributed by atoms with E-state index in [1.807, 2.05) is 40.6 Å². The lowest BCUT2D eigenvalue weighted by atomic mass is 10.2. The van der Waals surface area contributed by atoms with Crippen LogP contribution in [0.1, 0.15) is 6.04 Å². The second-order valence-corrected chi connectivity index (χ2v) is 7.30. The SMILES string of the molecule is Oc1c(N=Nc2cccnc2)c2cc(Br)ccc2n1C1CSC1. The zero-order valence-corrected chi connectivity index (χ0v) is 14.5. The molecule has 0 atom stereocenters. The lowest BCUT2D eigenvalue weighted by Gasteiger charge is -2.27. The Morgan fingerprint density at radius 1 is 1.26 bits per heavy atom. The maximum absolute atomic E-state index is 10.7. The van der Waals surface area contributed by atoms with Crippen LogP contribution < -0.4 is 0 Å². The van der Waals surface area contributed by atoms with Gasteiger partial charge in [0.05, 0.1) is 17.8 Å². The summed E-state index contributed by atoms with van der Waals surface area (Å²) in [5, 5.41) is 20.1.